The van der Waals surface area contributed by atoms with Crippen LogP contribution >= 0.6 is 0 Å². The van der Waals surface area contributed by atoms with E-state index in [1.807, 2.05) is 6.07 Å². The van der Waals surface area contributed by atoms with E-state index < -0.39 is 0 Å². The summed E-state index contributed by atoms with van der Waals surface area (Å²) in [7, 11) is 3.51. The van der Waals surface area contributed by atoms with Gasteiger partial charge in [0.15, 0.2) is 0 Å². The zero-order valence-electron chi connectivity index (χ0n) is 12.6. The summed E-state index contributed by atoms with van der Waals surface area (Å²) in [5, 5.41) is 3.49. The largest absolute Gasteiger partial charge is 0.397 e. The van der Waals surface area contributed by atoms with Crippen molar-refractivity contribution in [2.24, 2.45) is 5.92 Å². The van der Waals surface area contributed by atoms with E-state index in [0.29, 0.717) is 23.2 Å². The Hall–Kier alpha value is -1.71. The van der Waals surface area contributed by atoms with E-state index in [4.69, 9.17) is 5.73 Å². The number of hydrogen-bond donors (Lipinski definition) is 2. The van der Waals surface area contributed by atoms with Crippen molar-refractivity contribution in [3.05, 3.63) is 23.8 Å². The number of rotatable bonds is 4. The molecule has 2 rings (SSSR count). The van der Waals surface area contributed by atoms with Gasteiger partial charge >= 0.3 is 0 Å². The molecule has 1 saturated carbocycles. The van der Waals surface area contributed by atoms with Crippen LogP contribution in [0.5, 0.6) is 0 Å². The Bertz CT molecular complexity index is 479. The van der Waals surface area contributed by atoms with Crippen molar-refractivity contribution >= 4 is 17.3 Å². The number of anilines is 2. The smallest absolute Gasteiger partial charge is 0.253 e. The molecular formula is C16H25N3O. The molecule has 0 heterocycles. The summed E-state index contributed by atoms with van der Waals surface area (Å²) in [4.78, 5) is 13.6. The van der Waals surface area contributed by atoms with Gasteiger partial charge in [-0.3, -0.25) is 4.79 Å². The van der Waals surface area contributed by atoms with Crippen LogP contribution in [0.2, 0.25) is 0 Å². The van der Waals surface area contributed by atoms with E-state index >= 15 is 0 Å². The normalized spacial score (nSPS) is 16.9. The first-order valence-corrected chi connectivity index (χ1v) is 7.36. The molecule has 1 fully saturated rings. The Balaban J connectivity index is 2.13. The van der Waals surface area contributed by atoms with Gasteiger partial charge in [0.05, 0.1) is 11.4 Å². The molecule has 0 radical (unpaired) electrons. The quantitative estimate of drug-likeness (QED) is 0.831. The zero-order valence-corrected chi connectivity index (χ0v) is 12.6. The van der Waals surface area contributed by atoms with Gasteiger partial charge in [-0.15, -0.1) is 0 Å². The van der Waals surface area contributed by atoms with Crippen molar-refractivity contribution in [2.75, 3.05) is 25.1 Å². The number of carbonyl (C=O) groups is 1. The van der Waals surface area contributed by atoms with Crippen molar-refractivity contribution in [3.63, 3.8) is 0 Å². The number of nitrogens with one attached hydrogen (secondary N) is 1. The summed E-state index contributed by atoms with van der Waals surface area (Å²) in [5.74, 6) is 0.712. The maximum atomic E-state index is 12.0. The Morgan fingerprint density at radius 3 is 2.60 bits per heavy atom. The number of carbonyl (C=O) groups excluding carboxylic acids is 1. The van der Waals surface area contributed by atoms with Gasteiger partial charge in [-0.1, -0.05) is 12.8 Å². The first-order valence-electron chi connectivity index (χ1n) is 7.36. The van der Waals surface area contributed by atoms with Crippen LogP contribution in [0.3, 0.4) is 0 Å². The second-order valence-electron chi connectivity index (χ2n) is 5.98. The van der Waals surface area contributed by atoms with Gasteiger partial charge in [0.2, 0.25) is 0 Å². The number of hydrogen-bond acceptors (Lipinski definition) is 3. The molecule has 3 N–H and O–H groups in total. The van der Waals surface area contributed by atoms with Gasteiger partial charge in [-0.25, -0.2) is 0 Å². The lowest BCUT2D eigenvalue weighted by atomic mass is 9.99. The molecule has 1 amide bonds. The number of benzene rings is 1. The molecule has 0 aliphatic heterocycles. The Morgan fingerprint density at radius 2 is 2.00 bits per heavy atom. The van der Waals surface area contributed by atoms with E-state index in [0.717, 1.165) is 5.69 Å². The standard InChI is InChI=1S/C16H25N3O/c1-11(12-6-4-5-7-12)18-15-10-13(8-9-14(15)17)16(20)19(2)3/h8-12,18H,4-7,17H2,1-3H3. The lowest BCUT2D eigenvalue weighted by molar-refractivity contribution is 0.0827. The number of nitrogens with zero attached hydrogens (tertiary/aromatic N) is 1. The Kier molecular flexibility index (Phi) is 4.53. The van der Waals surface area contributed by atoms with Crippen LogP contribution in [0.15, 0.2) is 18.2 Å². The Labute approximate surface area is 121 Å². The summed E-state index contributed by atoms with van der Waals surface area (Å²) in [6.45, 7) is 2.20. The third kappa shape index (κ3) is 3.24. The summed E-state index contributed by atoms with van der Waals surface area (Å²) in [6.07, 6.45) is 5.21. The van der Waals surface area contributed by atoms with Gasteiger partial charge < -0.3 is 16.0 Å². The third-order valence-corrected chi connectivity index (χ3v) is 4.20. The summed E-state index contributed by atoms with van der Waals surface area (Å²) in [5.41, 5.74) is 8.27. The van der Waals surface area contributed by atoms with Gasteiger partial charge in [-0.2, -0.15) is 0 Å². The maximum Gasteiger partial charge on any atom is 0.253 e. The van der Waals surface area contributed by atoms with Crippen LogP contribution in [-0.4, -0.2) is 30.9 Å². The van der Waals surface area contributed by atoms with Crippen LogP contribution in [0.1, 0.15) is 43.0 Å². The molecule has 0 aromatic heterocycles. The minimum absolute atomic E-state index is 0.00145. The predicted molar refractivity (Wildman–Crippen MR) is 83.9 cm³/mol. The highest BCUT2D eigenvalue weighted by atomic mass is 16.2. The van der Waals surface area contributed by atoms with Gasteiger partial charge in [-0.05, 0) is 43.9 Å². The average Bonchev–Trinajstić information content (AvgIpc) is 2.94. The van der Waals surface area contributed by atoms with Crippen molar-refractivity contribution in [3.8, 4) is 0 Å². The topological polar surface area (TPSA) is 58.4 Å². The second kappa shape index (κ2) is 6.16. The van der Waals surface area contributed by atoms with Crippen molar-refractivity contribution < 1.29 is 4.79 Å². The lowest BCUT2D eigenvalue weighted by Gasteiger charge is -2.23. The SMILES string of the molecule is CC(Nc1cc(C(=O)N(C)C)ccc1N)C1CCCC1. The summed E-state index contributed by atoms with van der Waals surface area (Å²) >= 11 is 0. The number of amides is 1. The fraction of sp³-hybridized carbons (Fsp3) is 0.562. The fourth-order valence-electron chi connectivity index (χ4n) is 2.89. The highest BCUT2D eigenvalue weighted by molar-refractivity contribution is 5.95. The molecule has 1 unspecified atom stereocenters. The molecule has 0 saturated heterocycles. The monoisotopic (exact) mass is 275 g/mol. The lowest BCUT2D eigenvalue weighted by Crippen LogP contribution is -2.25. The van der Waals surface area contributed by atoms with Crippen LogP contribution in [0, 0.1) is 5.92 Å². The average molecular weight is 275 g/mol. The minimum atomic E-state index is 0.00145. The van der Waals surface area contributed by atoms with Crippen LogP contribution in [0.4, 0.5) is 11.4 Å². The molecular weight excluding hydrogens is 250 g/mol. The van der Waals surface area contributed by atoms with E-state index in [1.165, 1.54) is 25.7 Å². The zero-order chi connectivity index (χ0) is 14.7. The highest BCUT2D eigenvalue weighted by Crippen LogP contribution is 2.30. The number of nitrogen functional groups attached to an aromatic ring is 1. The molecule has 1 aromatic carbocycles. The molecule has 4 nitrogen and oxygen atoms in total. The summed E-state index contributed by atoms with van der Waals surface area (Å²) < 4.78 is 0. The molecule has 0 spiro atoms. The first-order chi connectivity index (χ1) is 9.49. The van der Waals surface area contributed by atoms with Crippen LogP contribution in [-0.2, 0) is 0 Å². The molecule has 1 aliphatic carbocycles. The van der Waals surface area contributed by atoms with Gasteiger partial charge in [0, 0.05) is 25.7 Å². The summed E-state index contributed by atoms with van der Waals surface area (Å²) in [6, 6.07) is 5.84. The first kappa shape index (κ1) is 14.7. The molecule has 1 aliphatic rings. The second-order valence-corrected chi connectivity index (χ2v) is 5.98. The third-order valence-electron chi connectivity index (χ3n) is 4.20. The van der Waals surface area contributed by atoms with Crippen LogP contribution in [0.25, 0.3) is 0 Å². The van der Waals surface area contributed by atoms with Crippen LogP contribution < -0.4 is 11.1 Å². The minimum Gasteiger partial charge on any atom is -0.397 e. The van der Waals surface area contributed by atoms with Crippen molar-refractivity contribution in [1.82, 2.24) is 4.90 Å². The maximum absolute atomic E-state index is 12.0. The van der Waals surface area contributed by atoms with Gasteiger partial charge in [0.1, 0.15) is 0 Å². The van der Waals surface area contributed by atoms with E-state index in [2.05, 4.69) is 12.2 Å². The van der Waals surface area contributed by atoms with E-state index in [9.17, 15) is 4.79 Å². The molecule has 1 aromatic rings. The highest BCUT2D eigenvalue weighted by Gasteiger charge is 2.22. The number of nitrogens with two attached hydrogens (primary N) is 1. The van der Waals surface area contributed by atoms with Crippen molar-refractivity contribution in [2.45, 2.75) is 38.6 Å². The fourth-order valence-corrected chi connectivity index (χ4v) is 2.89. The van der Waals surface area contributed by atoms with Crippen molar-refractivity contribution in [1.29, 1.82) is 0 Å². The van der Waals surface area contributed by atoms with E-state index in [1.54, 1.807) is 31.1 Å². The predicted octanol–water partition coefficient (Wildman–Crippen LogP) is 2.96. The van der Waals surface area contributed by atoms with Gasteiger partial charge in [0.25, 0.3) is 5.91 Å². The molecule has 4 heteroatoms. The molecule has 20 heavy (non-hydrogen) atoms. The molecule has 110 valence electrons. The van der Waals surface area contributed by atoms with E-state index in [-0.39, 0.29) is 5.91 Å². The Morgan fingerprint density at radius 1 is 1.35 bits per heavy atom. The molecule has 1 atom stereocenters. The molecule has 0 bridgehead atoms.